The molecule has 3 heterocycles. The number of aromatic nitrogens is 2. The minimum Gasteiger partial charge on any atom is -0.344 e. The number of fused-ring (bicyclic) bond motifs is 6. The number of hydrogen-bond donors (Lipinski definition) is 1. The first-order valence-corrected chi connectivity index (χ1v) is 18.2. The third-order valence-electron chi connectivity index (χ3n) is 10.4. The topological polar surface area (TPSA) is 62.5 Å². The molecule has 1 unspecified atom stereocenters. The first-order valence-electron chi connectivity index (χ1n) is 18.2. The van der Waals surface area contributed by atoms with E-state index in [0.717, 1.165) is 44.8 Å². The maximum absolute atomic E-state index is 5.20. The van der Waals surface area contributed by atoms with Crippen LogP contribution >= 0.6 is 0 Å². The number of rotatable bonds is 6. The van der Waals surface area contributed by atoms with Gasteiger partial charge >= 0.3 is 0 Å². The monoisotopic (exact) mass is 691 g/mol. The molecule has 0 fully saturated rings. The molecule has 10 rings (SSSR count). The summed E-state index contributed by atoms with van der Waals surface area (Å²) in [6.07, 6.45) is 6.83. The van der Waals surface area contributed by atoms with E-state index >= 15 is 0 Å². The first kappa shape index (κ1) is 31.5. The third kappa shape index (κ3) is 5.51. The Hall–Kier alpha value is -7.24. The van der Waals surface area contributed by atoms with Gasteiger partial charge in [-0.3, -0.25) is 9.97 Å². The van der Waals surface area contributed by atoms with Crippen LogP contribution in [0.2, 0.25) is 0 Å². The lowest BCUT2D eigenvalue weighted by molar-refractivity contribution is 0.673. The van der Waals surface area contributed by atoms with Crippen LogP contribution in [-0.2, 0) is 0 Å². The summed E-state index contributed by atoms with van der Waals surface area (Å²) in [5.74, 6) is 1.41. The van der Waals surface area contributed by atoms with Gasteiger partial charge in [0.2, 0.25) is 0 Å². The van der Waals surface area contributed by atoms with Crippen LogP contribution in [0.15, 0.2) is 199 Å². The SMILES string of the molecule is c1ccc(-c2ccccc2-c2ccccc2-c2ccc3c4ccccc4c4ccccc4c3c2)c(C2=NC(c3ccncc3)NC(c3ccncc3)=N2)c1. The van der Waals surface area contributed by atoms with Gasteiger partial charge in [0.05, 0.1) is 0 Å². The molecule has 0 aliphatic carbocycles. The summed E-state index contributed by atoms with van der Waals surface area (Å²) in [5, 5.41) is 11.2. The van der Waals surface area contributed by atoms with Crippen molar-refractivity contribution in [1.29, 1.82) is 0 Å². The predicted octanol–water partition coefficient (Wildman–Crippen LogP) is 11.4. The zero-order valence-electron chi connectivity index (χ0n) is 29.3. The van der Waals surface area contributed by atoms with Crippen molar-refractivity contribution >= 4 is 44.0 Å². The molecule has 1 atom stereocenters. The average molecular weight is 692 g/mol. The maximum atomic E-state index is 5.20. The van der Waals surface area contributed by atoms with Crippen molar-refractivity contribution in [2.75, 3.05) is 0 Å². The van der Waals surface area contributed by atoms with Gasteiger partial charge < -0.3 is 5.32 Å². The Bertz CT molecular complexity index is 2880. The molecule has 9 aromatic rings. The number of aliphatic imine (C=N–C) groups is 2. The molecule has 0 bridgehead atoms. The van der Waals surface area contributed by atoms with Gasteiger partial charge in [0.25, 0.3) is 0 Å². The zero-order valence-corrected chi connectivity index (χ0v) is 29.3. The molecule has 1 aliphatic heterocycles. The highest BCUT2D eigenvalue weighted by molar-refractivity contribution is 6.26. The van der Waals surface area contributed by atoms with Crippen molar-refractivity contribution in [2.45, 2.75) is 6.17 Å². The molecular formula is C49H33N5. The second-order valence-corrected chi connectivity index (χ2v) is 13.5. The summed E-state index contributed by atoms with van der Waals surface area (Å²) in [6, 6.07) is 58.2. The fraction of sp³-hybridized carbons (Fsp3) is 0.0204. The number of amidine groups is 2. The summed E-state index contributed by atoms with van der Waals surface area (Å²) in [5.41, 5.74) is 9.74. The normalized spacial score (nSPS) is 14.1. The smallest absolute Gasteiger partial charge is 0.160 e. The van der Waals surface area contributed by atoms with E-state index in [-0.39, 0.29) is 6.17 Å². The highest BCUT2D eigenvalue weighted by Crippen LogP contribution is 2.42. The van der Waals surface area contributed by atoms with Crippen molar-refractivity contribution in [3.8, 4) is 33.4 Å². The molecule has 2 aromatic heterocycles. The molecule has 1 N–H and O–H groups in total. The molecule has 1 aliphatic rings. The van der Waals surface area contributed by atoms with Gasteiger partial charge in [-0.2, -0.15) is 0 Å². The standard InChI is InChI=1S/C49H33N5/c1-2-12-36(35(11-1)34-21-22-44-41-17-6-4-14-38(41)40-16-7-8-19-43(40)46(44)31-34)37-13-3-5-15-39(37)42-18-9-10-20-45(42)49-53-47(32-23-27-50-28-24-32)52-48(54-49)33-25-29-51-30-26-33/h1-31,47H,(H,52,53,54). The molecule has 0 amide bonds. The molecule has 5 nitrogen and oxygen atoms in total. The molecule has 0 saturated heterocycles. The van der Waals surface area contributed by atoms with Gasteiger partial charge in [-0.05, 0) is 102 Å². The van der Waals surface area contributed by atoms with Crippen molar-refractivity contribution in [1.82, 2.24) is 15.3 Å². The fourth-order valence-corrected chi connectivity index (χ4v) is 7.85. The van der Waals surface area contributed by atoms with Crippen LogP contribution < -0.4 is 5.32 Å². The van der Waals surface area contributed by atoms with Crippen molar-refractivity contribution in [2.24, 2.45) is 9.98 Å². The number of benzene rings is 7. The van der Waals surface area contributed by atoms with Gasteiger partial charge in [0.15, 0.2) is 5.84 Å². The van der Waals surface area contributed by atoms with Crippen LogP contribution in [-0.4, -0.2) is 21.6 Å². The highest BCUT2D eigenvalue weighted by atomic mass is 15.2. The summed E-state index contributed by atoms with van der Waals surface area (Å²) in [6.45, 7) is 0. The molecule has 7 aromatic carbocycles. The van der Waals surface area contributed by atoms with Crippen molar-refractivity contribution in [3.63, 3.8) is 0 Å². The highest BCUT2D eigenvalue weighted by Gasteiger charge is 2.24. The number of hydrogen-bond acceptors (Lipinski definition) is 5. The zero-order chi connectivity index (χ0) is 35.8. The van der Waals surface area contributed by atoms with E-state index in [0.29, 0.717) is 5.84 Å². The Morgan fingerprint density at radius 3 is 1.41 bits per heavy atom. The van der Waals surface area contributed by atoms with Crippen LogP contribution in [0.5, 0.6) is 0 Å². The lowest BCUT2D eigenvalue weighted by Gasteiger charge is -2.24. The molecule has 54 heavy (non-hydrogen) atoms. The largest absolute Gasteiger partial charge is 0.344 e. The van der Waals surface area contributed by atoms with Gasteiger partial charge in [-0.1, -0.05) is 133 Å². The minimum atomic E-state index is -0.339. The van der Waals surface area contributed by atoms with Gasteiger partial charge in [0.1, 0.15) is 12.0 Å². The van der Waals surface area contributed by atoms with E-state index in [1.165, 1.54) is 43.4 Å². The van der Waals surface area contributed by atoms with Crippen LogP contribution in [0, 0.1) is 0 Å². The van der Waals surface area contributed by atoms with Crippen molar-refractivity contribution < 1.29 is 0 Å². The quantitative estimate of drug-likeness (QED) is 0.177. The second kappa shape index (κ2) is 13.4. The van der Waals surface area contributed by atoms with Crippen LogP contribution in [0.3, 0.4) is 0 Å². The fourth-order valence-electron chi connectivity index (χ4n) is 7.85. The maximum Gasteiger partial charge on any atom is 0.160 e. The molecule has 0 spiro atoms. The predicted molar refractivity (Wildman–Crippen MR) is 223 cm³/mol. The van der Waals surface area contributed by atoms with E-state index in [4.69, 9.17) is 9.98 Å². The second-order valence-electron chi connectivity index (χ2n) is 13.5. The van der Waals surface area contributed by atoms with Crippen LogP contribution in [0.1, 0.15) is 22.9 Å². The Morgan fingerprint density at radius 1 is 0.370 bits per heavy atom. The lowest BCUT2D eigenvalue weighted by Crippen LogP contribution is -2.33. The van der Waals surface area contributed by atoms with E-state index in [9.17, 15) is 0 Å². The van der Waals surface area contributed by atoms with E-state index in [2.05, 4.69) is 155 Å². The Balaban J connectivity index is 1.13. The third-order valence-corrected chi connectivity index (χ3v) is 10.4. The lowest BCUT2D eigenvalue weighted by atomic mass is 9.86. The molecular weight excluding hydrogens is 659 g/mol. The average Bonchev–Trinajstić information content (AvgIpc) is 3.27. The van der Waals surface area contributed by atoms with E-state index in [1.54, 1.807) is 24.8 Å². The number of pyridine rings is 2. The number of nitrogens with one attached hydrogen (secondary N) is 1. The Kier molecular flexibility index (Phi) is 7.81. The van der Waals surface area contributed by atoms with E-state index < -0.39 is 0 Å². The molecule has 254 valence electrons. The van der Waals surface area contributed by atoms with Gasteiger partial charge in [-0.25, -0.2) is 9.98 Å². The summed E-state index contributed by atoms with van der Waals surface area (Å²) in [4.78, 5) is 18.8. The molecule has 0 saturated carbocycles. The summed E-state index contributed by atoms with van der Waals surface area (Å²) in [7, 11) is 0. The van der Waals surface area contributed by atoms with Gasteiger partial charge in [-0.15, -0.1) is 0 Å². The molecule has 0 radical (unpaired) electrons. The molecule has 5 heteroatoms. The van der Waals surface area contributed by atoms with Gasteiger partial charge in [0, 0.05) is 35.9 Å². The van der Waals surface area contributed by atoms with E-state index in [1.807, 2.05) is 24.3 Å². The number of nitrogens with zero attached hydrogens (tertiary/aromatic N) is 4. The van der Waals surface area contributed by atoms with Crippen molar-refractivity contribution in [3.05, 3.63) is 205 Å². The summed E-state index contributed by atoms with van der Waals surface area (Å²) >= 11 is 0. The Labute approximate surface area is 313 Å². The van der Waals surface area contributed by atoms with Crippen LogP contribution in [0.25, 0.3) is 65.7 Å². The Morgan fingerprint density at radius 2 is 0.815 bits per heavy atom. The first-order chi connectivity index (χ1) is 26.8. The summed E-state index contributed by atoms with van der Waals surface area (Å²) < 4.78 is 0. The van der Waals surface area contributed by atoms with Crippen LogP contribution in [0.4, 0.5) is 0 Å². The minimum absolute atomic E-state index is 0.339.